The van der Waals surface area contributed by atoms with Gasteiger partial charge in [0.15, 0.2) is 5.65 Å². The maximum Gasteiger partial charge on any atom is 0.351 e. The van der Waals surface area contributed by atoms with Crippen molar-refractivity contribution in [2.75, 3.05) is 6.61 Å². The molecule has 1 aliphatic heterocycles. The van der Waals surface area contributed by atoms with Gasteiger partial charge in [0, 0.05) is 81.9 Å². The number of aliphatic hydroxyl groups excluding tert-OH is 1. The van der Waals surface area contributed by atoms with Gasteiger partial charge in [-0.15, -0.1) is 5.10 Å². The first-order valence-corrected chi connectivity index (χ1v) is 22.9. The van der Waals surface area contributed by atoms with E-state index in [2.05, 4.69) is 66.3 Å². The number of rotatable bonds is 9. The molecule has 1 N–H and O–H groups in total. The van der Waals surface area contributed by atoms with Gasteiger partial charge in [0.05, 0.1) is 46.9 Å². The van der Waals surface area contributed by atoms with Crippen LogP contribution in [-0.4, -0.2) is 60.8 Å². The van der Waals surface area contributed by atoms with Gasteiger partial charge in [-0.25, -0.2) is 28.8 Å². The third-order valence-corrected chi connectivity index (χ3v) is 11.0. The van der Waals surface area contributed by atoms with Gasteiger partial charge >= 0.3 is 5.69 Å². The minimum Gasteiger partial charge on any atom is -0.396 e. The van der Waals surface area contributed by atoms with Gasteiger partial charge in [-0.05, 0) is 33.6 Å². The maximum absolute atomic E-state index is 12.5. The molecule has 6 heterocycles. The van der Waals surface area contributed by atoms with Gasteiger partial charge in [-0.1, -0.05) is 153 Å². The van der Waals surface area contributed by atoms with Gasteiger partial charge in [0.1, 0.15) is 11.6 Å². The number of hydrogen-bond donors (Lipinski definition) is 1. The molecule has 0 radical (unpaired) electrons. The lowest BCUT2D eigenvalue weighted by Crippen LogP contribution is -2.23. The maximum atomic E-state index is 12.5. The second-order valence-electron chi connectivity index (χ2n) is 15.7. The molecule has 1 aliphatic carbocycles. The van der Waals surface area contributed by atoms with Crippen LogP contribution in [0.1, 0.15) is 42.9 Å². The molecular formula is C53H55BrN10O2. The van der Waals surface area contributed by atoms with Crippen LogP contribution in [0.5, 0.6) is 0 Å². The van der Waals surface area contributed by atoms with Gasteiger partial charge in [0.25, 0.3) is 0 Å². The number of aliphatic imine (C=N–C) groups is 1. The van der Waals surface area contributed by atoms with E-state index in [1.54, 1.807) is 4.40 Å². The lowest BCUT2D eigenvalue weighted by atomic mass is 10.1. The number of fused-ring (bicyclic) bond motifs is 1. The summed E-state index contributed by atoms with van der Waals surface area (Å²) in [5.74, 6) is 1.83. The Balaban J connectivity index is 0.000000135. The van der Waals surface area contributed by atoms with Crippen molar-refractivity contribution in [3.63, 3.8) is 0 Å². The highest BCUT2D eigenvalue weighted by Gasteiger charge is 2.12. The molecule has 0 amide bonds. The summed E-state index contributed by atoms with van der Waals surface area (Å²) in [6.45, 7) is 0.616. The second-order valence-corrected chi connectivity index (χ2v) is 16.5. The topological polar surface area (TPSA) is 125 Å². The van der Waals surface area contributed by atoms with E-state index in [9.17, 15) is 4.79 Å². The SMILES string of the molecule is C1=NC(c2ccccc2)=CC1.C1CC1.Cn1cc(-c2ccccc2)nc1CCO.Cn1cc(-c2ccccc2)nc1CCn1nc2cccc(Br)n2c1=O.Cn1cnc(-c2ccccc2)c1. The Morgan fingerprint density at radius 1 is 0.606 bits per heavy atom. The van der Waals surface area contributed by atoms with Gasteiger partial charge in [0.2, 0.25) is 0 Å². The minimum absolute atomic E-state index is 0.138. The number of benzene rings is 4. The molecule has 12 nitrogen and oxygen atoms in total. The Labute approximate surface area is 394 Å². The van der Waals surface area contributed by atoms with E-state index < -0.39 is 0 Å². The molecule has 13 heteroatoms. The number of aryl methyl sites for hydroxylation is 5. The smallest absolute Gasteiger partial charge is 0.351 e. The summed E-state index contributed by atoms with van der Waals surface area (Å²) < 4.78 is 9.63. The van der Waals surface area contributed by atoms with Crippen molar-refractivity contribution in [1.82, 2.24) is 42.8 Å². The van der Waals surface area contributed by atoms with Crippen molar-refractivity contribution in [2.45, 2.75) is 45.1 Å². The minimum atomic E-state index is -0.153. The number of aromatic nitrogens is 9. The molecule has 0 bridgehead atoms. The molecule has 0 atom stereocenters. The molecule has 4 aromatic carbocycles. The molecule has 5 aromatic heterocycles. The lowest BCUT2D eigenvalue weighted by molar-refractivity contribution is 0.295. The molecule has 2 aliphatic rings. The van der Waals surface area contributed by atoms with E-state index in [0.29, 0.717) is 29.6 Å². The molecule has 0 saturated heterocycles. The molecule has 1 fully saturated rings. The number of allylic oxidation sites excluding steroid dienone is 1. The van der Waals surface area contributed by atoms with Crippen LogP contribution < -0.4 is 5.69 Å². The number of halogens is 1. The number of aliphatic hydroxyl groups is 1. The zero-order valence-corrected chi connectivity index (χ0v) is 39.2. The average Bonchev–Trinajstić information content (AvgIpc) is 3.64. The predicted octanol–water partition coefficient (Wildman–Crippen LogP) is 10.3. The molecule has 9 aromatic rings. The number of nitrogens with zero attached hydrogens (tertiary/aromatic N) is 10. The number of pyridine rings is 1. The van der Waals surface area contributed by atoms with Gasteiger partial charge < -0.3 is 18.8 Å². The molecule has 336 valence electrons. The molecule has 66 heavy (non-hydrogen) atoms. The quantitative estimate of drug-likeness (QED) is 0.144. The summed E-state index contributed by atoms with van der Waals surface area (Å²) in [6.07, 6.45) is 18.6. The Kier molecular flexibility index (Phi) is 16.7. The van der Waals surface area contributed by atoms with Crippen LogP contribution in [0.3, 0.4) is 0 Å². The van der Waals surface area contributed by atoms with Crippen LogP contribution in [0.4, 0.5) is 0 Å². The first-order valence-electron chi connectivity index (χ1n) is 22.1. The Morgan fingerprint density at radius 2 is 1.12 bits per heavy atom. The summed E-state index contributed by atoms with van der Waals surface area (Å²) in [5.41, 5.74) is 9.06. The van der Waals surface area contributed by atoms with Gasteiger partial charge in [-0.3, -0.25) is 4.99 Å². The largest absolute Gasteiger partial charge is 0.396 e. The fraction of sp³-hybridized carbons (Fsp3) is 0.208. The fourth-order valence-electron chi connectivity index (χ4n) is 6.78. The highest BCUT2D eigenvalue weighted by atomic mass is 79.9. The van der Waals surface area contributed by atoms with Crippen LogP contribution >= 0.6 is 15.9 Å². The van der Waals surface area contributed by atoms with Crippen molar-refractivity contribution >= 4 is 33.5 Å². The normalized spacial score (nSPS) is 12.1. The third kappa shape index (κ3) is 13.2. The van der Waals surface area contributed by atoms with Crippen LogP contribution in [0.15, 0.2) is 185 Å². The van der Waals surface area contributed by atoms with E-state index >= 15 is 0 Å². The van der Waals surface area contributed by atoms with E-state index in [4.69, 9.17) is 10.1 Å². The van der Waals surface area contributed by atoms with E-state index in [0.717, 1.165) is 57.5 Å². The summed E-state index contributed by atoms with van der Waals surface area (Å²) in [7, 11) is 5.89. The Hall–Kier alpha value is -7.22. The Bertz CT molecular complexity index is 3000. The van der Waals surface area contributed by atoms with Crippen LogP contribution in [-0.2, 0) is 40.5 Å². The zero-order valence-electron chi connectivity index (χ0n) is 37.6. The van der Waals surface area contributed by atoms with Crippen molar-refractivity contribution in [3.05, 3.63) is 203 Å². The highest BCUT2D eigenvalue weighted by Crippen LogP contribution is 2.21. The standard InChI is InChI=1S/C18H16BrN5O.C12H14N2O.C10H10N2.C10H9N.C3H6/c1-22-12-14(13-6-3-2-4-7-13)20-16(22)10-11-23-18(25)24-15(19)8-5-9-17(24)21-23;1-14-9-11(13-12(14)7-8-15)10-5-3-2-4-6-10;1-12-7-10(11-8-12)9-5-3-2-4-6-9;1-2-5-9(6-3-1)10-7-4-8-11-10;1-2-3-1/h2-9,12H,10-11H2,1H3;2-6,9,15H,7-8H2,1H3;2-8H,1H3;1-3,5-8H,4H2;1-3H2. The summed E-state index contributed by atoms with van der Waals surface area (Å²) in [4.78, 5) is 30.2. The highest BCUT2D eigenvalue weighted by molar-refractivity contribution is 9.10. The molecule has 0 spiro atoms. The van der Waals surface area contributed by atoms with Crippen LogP contribution in [0.25, 0.3) is 45.1 Å². The van der Waals surface area contributed by atoms with Crippen molar-refractivity contribution in [2.24, 2.45) is 26.1 Å². The van der Waals surface area contributed by atoms with Gasteiger partial charge in [-0.2, -0.15) is 0 Å². The lowest BCUT2D eigenvalue weighted by Gasteiger charge is -2.00. The first-order chi connectivity index (χ1) is 32.3. The summed E-state index contributed by atoms with van der Waals surface area (Å²) in [5, 5.41) is 13.3. The summed E-state index contributed by atoms with van der Waals surface area (Å²) >= 11 is 3.39. The van der Waals surface area contributed by atoms with Crippen molar-refractivity contribution in [1.29, 1.82) is 0 Å². The monoisotopic (exact) mass is 942 g/mol. The van der Waals surface area contributed by atoms with E-state index in [-0.39, 0.29) is 12.3 Å². The zero-order chi connectivity index (χ0) is 46.1. The molecular weight excluding hydrogens is 889 g/mol. The molecule has 11 rings (SSSR count). The van der Waals surface area contributed by atoms with Crippen LogP contribution in [0.2, 0.25) is 0 Å². The van der Waals surface area contributed by atoms with Crippen molar-refractivity contribution in [3.8, 4) is 33.8 Å². The molecule has 0 unspecified atom stereocenters. The fourth-order valence-corrected chi connectivity index (χ4v) is 7.27. The van der Waals surface area contributed by atoms with E-state index in [1.165, 1.54) is 29.5 Å². The predicted molar refractivity (Wildman–Crippen MR) is 269 cm³/mol. The van der Waals surface area contributed by atoms with Crippen molar-refractivity contribution < 1.29 is 5.11 Å². The third-order valence-electron chi connectivity index (χ3n) is 10.4. The first kappa shape index (κ1) is 46.8. The van der Waals surface area contributed by atoms with E-state index in [1.807, 2.05) is 181 Å². The summed E-state index contributed by atoms with van der Waals surface area (Å²) in [6, 6.07) is 46.0. The number of imidazole rings is 3. The Morgan fingerprint density at radius 3 is 1.58 bits per heavy atom. The molecule has 1 saturated carbocycles. The number of hydrogen-bond acceptors (Lipinski definition) is 7. The van der Waals surface area contributed by atoms with Crippen LogP contribution in [0, 0.1) is 0 Å². The average molecular weight is 944 g/mol. The second kappa shape index (κ2) is 23.6.